The largest absolute Gasteiger partial charge is 0.498 e. The Bertz CT molecular complexity index is 1690. The summed E-state index contributed by atoms with van der Waals surface area (Å²) >= 11 is 3.31. The molecule has 46 heavy (non-hydrogen) atoms. The number of aromatic nitrogens is 4. The molecule has 0 unspecified atom stereocenters. The molecule has 2 aromatic carbocycles. The van der Waals surface area contributed by atoms with Crippen LogP contribution in [0.3, 0.4) is 0 Å². The Kier molecular flexibility index (Phi) is 14.0. The zero-order valence-corrected chi connectivity index (χ0v) is 30.6. The van der Waals surface area contributed by atoms with Crippen LogP contribution in [0.2, 0.25) is 0 Å². The molecule has 1 saturated heterocycles. The molecule has 0 bridgehead atoms. The quantitative estimate of drug-likeness (QED) is 0.144. The zero-order chi connectivity index (χ0) is 33.3. The van der Waals surface area contributed by atoms with Gasteiger partial charge in [0, 0.05) is 70.2 Å². The number of benzene rings is 2. The third-order valence-corrected chi connectivity index (χ3v) is 11.1. The molecular formula is C32H52BBrN6O4P2. The summed E-state index contributed by atoms with van der Waals surface area (Å²) in [7, 11) is -1.14. The van der Waals surface area contributed by atoms with E-state index in [1.54, 1.807) is 60.5 Å². The number of rotatable bonds is 4. The van der Waals surface area contributed by atoms with Crippen LogP contribution < -0.4 is 27.5 Å². The molecule has 1 aliphatic heterocycles. The van der Waals surface area contributed by atoms with Gasteiger partial charge in [-0.3, -0.25) is 9.36 Å². The van der Waals surface area contributed by atoms with E-state index in [0.717, 1.165) is 31.7 Å². The Hall–Kier alpha value is -2.62. The normalized spacial score (nSPS) is 15.0. The van der Waals surface area contributed by atoms with Gasteiger partial charge in [0.15, 0.2) is 0 Å². The number of anilines is 2. The maximum atomic E-state index is 12.1. The topological polar surface area (TPSA) is 140 Å². The fourth-order valence-corrected chi connectivity index (χ4v) is 7.11. The molecule has 14 heteroatoms. The van der Waals surface area contributed by atoms with Crippen molar-refractivity contribution in [1.29, 1.82) is 0 Å². The van der Waals surface area contributed by atoms with Crippen molar-refractivity contribution in [3.05, 3.63) is 65.7 Å². The number of hydrogen-bond donors (Lipinski definition) is 2. The van der Waals surface area contributed by atoms with Gasteiger partial charge in [0.1, 0.15) is 14.3 Å². The van der Waals surface area contributed by atoms with Gasteiger partial charge in [0.05, 0.1) is 17.4 Å². The molecule has 2 aromatic heterocycles. The summed E-state index contributed by atoms with van der Waals surface area (Å²) in [4.78, 5) is 0. The van der Waals surface area contributed by atoms with Crippen molar-refractivity contribution < 1.29 is 18.4 Å². The molecule has 0 spiro atoms. The zero-order valence-electron chi connectivity index (χ0n) is 27.2. The summed E-state index contributed by atoms with van der Waals surface area (Å²) in [6, 6.07) is 11.0. The molecule has 0 aliphatic carbocycles. The van der Waals surface area contributed by atoms with Gasteiger partial charge in [0.2, 0.25) is 0 Å². The van der Waals surface area contributed by atoms with E-state index < -0.39 is 14.3 Å². The first-order valence-corrected chi connectivity index (χ1v) is 20.0. The van der Waals surface area contributed by atoms with Crippen molar-refractivity contribution in [3.63, 3.8) is 0 Å². The Morgan fingerprint density at radius 3 is 1.61 bits per heavy atom. The summed E-state index contributed by atoms with van der Waals surface area (Å²) in [6.45, 7) is 15.1. The average molecular weight is 737 g/mol. The van der Waals surface area contributed by atoms with Gasteiger partial charge in [-0.05, 0) is 90.2 Å². The SMILES string of the molecule is C.C.CP(C)(=O)c1cc(Br)ccc1N.Cn1cc(-c2ccc(N)c(P(C)(C)=O)c2)cn1.Cn1cc(B2OC(C)(C)C(C)(C)O2)cn1. The standard InChI is InChI=1S/C12H16N3OP.C10H17BN2O2.C8H11BrNOP.2CH4/c1-15-8-10(7-14-15)9-4-5-11(13)12(6-9)17(2,3)16;1-9(2)10(3,4)15-11(14-9)8-6-12-13(5)7-8;1-12(2,11)8-5-6(9)3-4-7(8)10;;/h4-8H,13H2,1-3H3;6-7H,1-5H3;3-5H,10H2,1-2H3;2*1H4. The van der Waals surface area contributed by atoms with E-state index in [4.69, 9.17) is 20.8 Å². The summed E-state index contributed by atoms with van der Waals surface area (Å²) in [5.41, 5.74) is 15.1. The lowest BCUT2D eigenvalue weighted by Gasteiger charge is -2.32. The molecule has 0 atom stereocenters. The van der Waals surface area contributed by atoms with Crippen molar-refractivity contribution in [2.45, 2.75) is 53.8 Å². The molecule has 3 heterocycles. The number of nitrogens with zero attached hydrogens (tertiary/aromatic N) is 4. The highest BCUT2D eigenvalue weighted by Gasteiger charge is 2.52. The lowest BCUT2D eigenvalue weighted by molar-refractivity contribution is 0.00578. The van der Waals surface area contributed by atoms with E-state index in [2.05, 4.69) is 26.1 Å². The smallest absolute Gasteiger partial charge is 0.399 e. The van der Waals surface area contributed by atoms with Gasteiger partial charge in [-0.25, -0.2) is 0 Å². The van der Waals surface area contributed by atoms with Crippen molar-refractivity contribution >= 4 is 64.8 Å². The van der Waals surface area contributed by atoms with Gasteiger partial charge in [-0.1, -0.05) is 36.8 Å². The lowest BCUT2D eigenvalue weighted by atomic mass is 9.82. The number of halogens is 1. The minimum Gasteiger partial charge on any atom is -0.399 e. The molecule has 0 radical (unpaired) electrons. The minimum absolute atomic E-state index is 0. The van der Waals surface area contributed by atoms with Crippen molar-refractivity contribution in [1.82, 2.24) is 19.6 Å². The van der Waals surface area contributed by atoms with Crippen LogP contribution in [0.5, 0.6) is 0 Å². The highest BCUT2D eigenvalue weighted by atomic mass is 79.9. The van der Waals surface area contributed by atoms with Crippen molar-refractivity contribution in [2.75, 3.05) is 38.1 Å². The number of hydrogen-bond acceptors (Lipinski definition) is 8. The first kappa shape index (κ1) is 41.4. The third-order valence-electron chi connectivity index (χ3n) is 7.47. The first-order chi connectivity index (χ1) is 20.1. The van der Waals surface area contributed by atoms with E-state index in [1.165, 1.54) is 0 Å². The Balaban J connectivity index is 0.000000343. The third kappa shape index (κ3) is 10.4. The minimum atomic E-state index is -2.35. The van der Waals surface area contributed by atoms with Crippen LogP contribution in [0, 0.1) is 0 Å². The van der Waals surface area contributed by atoms with Gasteiger partial charge in [0.25, 0.3) is 0 Å². The van der Waals surface area contributed by atoms with Crippen LogP contribution in [-0.2, 0) is 32.5 Å². The van der Waals surface area contributed by atoms with E-state index in [-0.39, 0.29) is 33.2 Å². The summed E-state index contributed by atoms with van der Waals surface area (Å²) in [5.74, 6) is 0. The van der Waals surface area contributed by atoms with Gasteiger partial charge >= 0.3 is 7.12 Å². The predicted molar refractivity (Wildman–Crippen MR) is 202 cm³/mol. The van der Waals surface area contributed by atoms with Crippen molar-refractivity contribution in [2.24, 2.45) is 14.1 Å². The van der Waals surface area contributed by atoms with E-state index in [1.807, 2.05) is 78.4 Å². The van der Waals surface area contributed by atoms with Crippen LogP contribution in [-0.4, -0.2) is 64.5 Å². The highest BCUT2D eigenvalue weighted by molar-refractivity contribution is 9.10. The molecule has 10 nitrogen and oxygen atoms in total. The average Bonchev–Trinajstić information content (AvgIpc) is 3.57. The van der Waals surface area contributed by atoms with E-state index in [0.29, 0.717) is 11.4 Å². The number of nitrogen functional groups attached to an aromatic ring is 2. The monoisotopic (exact) mass is 736 g/mol. The molecule has 0 amide bonds. The molecule has 1 fully saturated rings. The fraction of sp³-hybridized carbons (Fsp3) is 0.438. The maximum absolute atomic E-state index is 12.1. The second kappa shape index (κ2) is 15.5. The number of nitrogens with two attached hydrogens (primary N) is 2. The highest BCUT2D eigenvalue weighted by Crippen LogP contribution is 2.39. The van der Waals surface area contributed by atoms with Crippen LogP contribution in [0.15, 0.2) is 65.7 Å². The molecule has 0 saturated carbocycles. The molecule has 4 N–H and O–H groups in total. The molecular weight excluding hydrogens is 685 g/mol. The van der Waals surface area contributed by atoms with Crippen LogP contribution in [0.1, 0.15) is 42.5 Å². The molecule has 254 valence electrons. The Labute approximate surface area is 284 Å². The van der Waals surface area contributed by atoms with Gasteiger partial charge in [-0.2, -0.15) is 10.2 Å². The summed E-state index contributed by atoms with van der Waals surface area (Å²) < 4.78 is 40.0. The summed E-state index contributed by atoms with van der Waals surface area (Å²) in [6.07, 6.45) is 7.40. The van der Waals surface area contributed by atoms with Crippen LogP contribution >= 0.6 is 30.2 Å². The molecule has 5 rings (SSSR count). The second-order valence-electron chi connectivity index (χ2n) is 12.6. The van der Waals surface area contributed by atoms with Gasteiger partial charge in [-0.15, -0.1) is 0 Å². The van der Waals surface area contributed by atoms with Crippen LogP contribution in [0.4, 0.5) is 11.4 Å². The predicted octanol–water partition coefficient (Wildman–Crippen LogP) is 6.19. The molecule has 4 aromatic rings. The Morgan fingerprint density at radius 2 is 1.20 bits per heavy atom. The first-order valence-electron chi connectivity index (χ1n) is 14.0. The molecule has 1 aliphatic rings. The maximum Gasteiger partial charge on any atom is 0.498 e. The lowest BCUT2D eigenvalue weighted by Crippen LogP contribution is -2.41. The summed E-state index contributed by atoms with van der Waals surface area (Å²) in [5, 5.41) is 9.72. The fourth-order valence-electron chi connectivity index (χ4n) is 4.28. The number of aryl methyl sites for hydroxylation is 2. The van der Waals surface area contributed by atoms with Crippen molar-refractivity contribution in [3.8, 4) is 11.1 Å². The Morgan fingerprint density at radius 1 is 0.739 bits per heavy atom. The van der Waals surface area contributed by atoms with E-state index >= 15 is 0 Å². The van der Waals surface area contributed by atoms with E-state index in [9.17, 15) is 9.13 Å². The van der Waals surface area contributed by atoms with Crippen LogP contribution in [0.25, 0.3) is 11.1 Å². The second-order valence-corrected chi connectivity index (χ2v) is 19.9. The van der Waals surface area contributed by atoms with Gasteiger partial charge < -0.3 is 29.9 Å².